The van der Waals surface area contributed by atoms with Gasteiger partial charge in [-0.2, -0.15) is 10.2 Å². The average Bonchev–Trinajstić information content (AvgIpc) is 2.98. The van der Waals surface area contributed by atoms with Crippen molar-refractivity contribution in [3.63, 3.8) is 0 Å². The molecule has 1 amide bonds. The van der Waals surface area contributed by atoms with Crippen LogP contribution in [0.4, 0.5) is 0 Å². The standard InChI is InChI=1S/C11H16N6O/c1-10(7-17-9-12-8-14-17)15-11(18)3-6-16-5-2-4-13-16/h2,4-5,8-10H,3,6-7H2,1H3,(H,15,18). The molecule has 0 aliphatic carbocycles. The van der Waals surface area contributed by atoms with E-state index in [9.17, 15) is 4.79 Å². The maximum Gasteiger partial charge on any atom is 0.222 e. The zero-order valence-electron chi connectivity index (χ0n) is 10.2. The number of aromatic nitrogens is 5. The van der Waals surface area contributed by atoms with E-state index in [4.69, 9.17) is 0 Å². The zero-order chi connectivity index (χ0) is 12.8. The Morgan fingerprint density at radius 3 is 2.94 bits per heavy atom. The van der Waals surface area contributed by atoms with Gasteiger partial charge in [0.2, 0.25) is 5.91 Å². The monoisotopic (exact) mass is 248 g/mol. The van der Waals surface area contributed by atoms with Crippen LogP contribution in [0.1, 0.15) is 13.3 Å². The zero-order valence-corrected chi connectivity index (χ0v) is 10.2. The van der Waals surface area contributed by atoms with E-state index in [1.807, 2.05) is 19.2 Å². The van der Waals surface area contributed by atoms with E-state index in [0.29, 0.717) is 19.5 Å². The Morgan fingerprint density at radius 2 is 2.28 bits per heavy atom. The summed E-state index contributed by atoms with van der Waals surface area (Å²) in [5.74, 6) is 0.0121. The fourth-order valence-electron chi connectivity index (χ4n) is 1.65. The van der Waals surface area contributed by atoms with Gasteiger partial charge >= 0.3 is 0 Å². The van der Waals surface area contributed by atoms with E-state index in [2.05, 4.69) is 20.5 Å². The molecule has 2 heterocycles. The molecule has 0 radical (unpaired) electrons. The first kappa shape index (κ1) is 12.3. The minimum absolute atomic E-state index is 0.0121. The number of hydrogen-bond acceptors (Lipinski definition) is 4. The lowest BCUT2D eigenvalue weighted by molar-refractivity contribution is -0.122. The molecule has 2 aromatic rings. The molecule has 7 heteroatoms. The van der Waals surface area contributed by atoms with Gasteiger partial charge in [0.15, 0.2) is 0 Å². The van der Waals surface area contributed by atoms with Gasteiger partial charge in [0.05, 0.1) is 6.54 Å². The molecule has 1 N–H and O–H groups in total. The van der Waals surface area contributed by atoms with E-state index in [1.54, 1.807) is 21.9 Å². The molecule has 0 aliphatic heterocycles. The fourth-order valence-corrected chi connectivity index (χ4v) is 1.65. The number of rotatable bonds is 6. The van der Waals surface area contributed by atoms with Crippen LogP contribution in [0, 0.1) is 0 Å². The Hall–Kier alpha value is -2.18. The highest BCUT2D eigenvalue weighted by Crippen LogP contribution is 1.93. The summed E-state index contributed by atoms with van der Waals surface area (Å²) < 4.78 is 3.43. The Balaban J connectivity index is 1.70. The van der Waals surface area contributed by atoms with E-state index < -0.39 is 0 Å². The molecule has 2 aromatic heterocycles. The maximum atomic E-state index is 11.7. The summed E-state index contributed by atoms with van der Waals surface area (Å²) in [5, 5.41) is 10.9. The van der Waals surface area contributed by atoms with Gasteiger partial charge in [-0.25, -0.2) is 4.98 Å². The van der Waals surface area contributed by atoms with Crippen LogP contribution in [-0.4, -0.2) is 36.5 Å². The number of carbonyl (C=O) groups is 1. The number of amides is 1. The van der Waals surface area contributed by atoms with E-state index in [-0.39, 0.29) is 11.9 Å². The van der Waals surface area contributed by atoms with Gasteiger partial charge in [0.25, 0.3) is 0 Å². The molecule has 0 fully saturated rings. The van der Waals surface area contributed by atoms with Crippen molar-refractivity contribution in [2.24, 2.45) is 0 Å². The number of aryl methyl sites for hydroxylation is 1. The predicted octanol–water partition coefficient (Wildman–Crippen LogP) is 0.0696. The number of carbonyl (C=O) groups excluding carboxylic acids is 1. The first-order valence-electron chi connectivity index (χ1n) is 5.83. The summed E-state index contributed by atoms with van der Waals surface area (Å²) in [6, 6.07) is 1.86. The van der Waals surface area contributed by atoms with Crippen LogP contribution in [0.3, 0.4) is 0 Å². The molecule has 96 valence electrons. The Bertz CT molecular complexity index is 464. The molecular formula is C11H16N6O. The predicted molar refractivity (Wildman–Crippen MR) is 64.5 cm³/mol. The topological polar surface area (TPSA) is 77.6 Å². The maximum absolute atomic E-state index is 11.7. The summed E-state index contributed by atoms with van der Waals surface area (Å²) >= 11 is 0. The van der Waals surface area contributed by atoms with Gasteiger partial charge < -0.3 is 5.32 Å². The normalized spacial score (nSPS) is 12.3. The first-order chi connectivity index (χ1) is 8.74. The van der Waals surface area contributed by atoms with Crippen molar-refractivity contribution < 1.29 is 4.79 Å². The lowest BCUT2D eigenvalue weighted by Crippen LogP contribution is -2.36. The lowest BCUT2D eigenvalue weighted by Gasteiger charge is -2.13. The minimum Gasteiger partial charge on any atom is -0.352 e. The number of nitrogens with one attached hydrogen (secondary N) is 1. The van der Waals surface area contributed by atoms with Crippen molar-refractivity contribution in [3.05, 3.63) is 31.1 Å². The fraction of sp³-hybridized carbons (Fsp3) is 0.455. The third-order valence-corrected chi connectivity index (χ3v) is 2.46. The average molecular weight is 248 g/mol. The van der Waals surface area contributed by atoms with Crippen LogP contribution in [0.2, 0.25) is 0 Å². The highest BCUT2D eigenvalue weighted by molar-refractivity contribution is 5.76. The van der Waals surface area contributed by atoms with Crippen molar-refractivity contribution in [3.8, 4) is 0 Å². The molecule has 0 saturated carbocycles. The molecule has 0 aromatic carbocycles. The molecule has 0 bridgehead atoms. The van der Waals surface area contributed by atoms with Gasteiger partial charge in [0.1, 0.15) is 12.7 Å². The van der Waals surface area contributed by atoms with Gasteiger partial charge in [-0.3, -0.25) is 14.2 Å². The molecule has 2 rings (SSSR count). The largest absolute Gasteiger partial charge is 0.352 e. The van der Waals surface area contributed by atoms with Crippen LogP contribution < -0.4 is 5.32 Å². The SMILES string of the molecule is CC(Cn1cncn1)NC(=O)CCn1cccn1. The van der Waals surface area contributed by atoms with Crippen molar-refractivity contribution in [1.82, 2.24) is 29.9 Å². The van der Waals surface area contributed by atoms with Crippen molar-refractivity contribution >= 4 is 5.91 Å². The van der Waals surface area contributed by atoms with Crippen LogP contribution in [0.5, 0.6) is 0 Å². The molecule has 7 nitrogen and oxygen atoms in total. The van der Waals surface area contributed by atoms with Crippen LogP contribution >= 0.6 is 0 Å². The molecule has 0 spiro atoms. The highest BCUT2D eigenvalue weighted by atomic mass is 16.1. The third-order valence-electron chi connectivity index (χ3n) is 2.46. The van der Waals surface area contributed by atoms with Crippen molar-refractivity contribution in [2.75, 3.05) is 0 Å². The quantitative estimate of drug-likeness (QED) is 0.784. The highest BCUT2D eigenvalue weighted by Gasteiger charge is 2.08. The van der Waals surface area contributed by atoms with Crippen molar-refractivity contribution in [2.45, 2.75) is 32.5 Å². The van der Waals surface area contributed by atoms with Crippen molar-refractivity contribution in [1.29, 1.82) is 0 Å². The molecule has 0 aliphatic rings. The van der Waals surface area contributed by atoms with E-state index in [0.717, 1.165) is 0 Å². The second kappa shape index (κ2) is 5.95. The summed E-state index contributed by atoms with van der Waals surface area (Å²) in [4.78, 5) is 15.5. The lowest BCUT2D eigenvalue weighted by atomic mass is 10.3. The third kappa shape index (κ3) is 3.69. The van der Waals surface area contributed by atoms with Crippen LogP contribution in [0.25, 0.3) is 0 Å². The Kier molecular flexibility index (Phi) is 4.06. The van der Waals surface area contributed by atoms with E-state index >= 15 is 0 Å². The minimum atomic E-state index is 0.0121. The second-order valence-corrected chi connectivity index (χ2v) is 4.11. The van der Waals surface area contributed by atoms with Crippen LogP contribution in [-0.2, 0) is 17.9 Å². The summed E-state index contributed by atoms with van der Waals surface area (Å²) in [7, 11) is 0. The van der Waals surface area contributed by atoms with Gasteiger partial charge in [-0.05, 0) is 13.0 Å². The molecular weight excluding hydrogens is 232 g/mol. The smallest absolute Gasteiger partial charge is 0.222 e. The second-order valence-electron chi connectivity index (χ2n) is 4.11. The molecule has 18 heavy (non-hydrogen) atoms. The van der Waals surface area contributed by atoms with Crippen LogP contribution in [0.15, 0.2) is 31.1 Å². The number of hydrogen-bond donors (Lipinski definition) is 1. The Labute approximate surface area is 105 Å². The van der Waals surface area contributed by atoms with Gasteiger partial charge in [-0.15, -0.1) is 0 Å². The van der Waals surface area contributed by atoms with E-state index in [1.165, 1.54) is 6.33 Å². The molecule has 1 atom stereocenters. The first-order valence-corrected chi connectivity index (χ1v) is 5.83. The van der Waals surface area contributed by atoms with Gasteiger partial charge in [0, 0.05) is 31.4 Å². The van der Waals surface area contributed by atoms with Gasteiger partial charge in [-0.1, -0.05) is 0 Å². The molecule has 1 unspecified atom stereocenters. The summed E-state index contributed by atoms with van der Waals surface area (Å²) in [6.07, 6.45) is 7.07. The summed E-state index contributed by atoms with van der Waals surface area (Å²) in [6.45, 7) is 3.15. The molecule has 0 saturated heterocycles. The number of nitrogens with zero attached hydrogens (tertiary/aromatic N) is 5. The summed E-state index contributed by atoms with van der Waals surface area (Å²) in [5.41, 5.74) is 0. The Morgan fingerprint density at radius 1 is 1.39 bits per heavy atom.